The molecule has 0 saturated carbocycles. The number of nitrogens with one attached hydrogen (secondary N) is 1. The predicted molar refractivity (Wildman–Crippen MR) is 140 cm³/mol. The van der Waals surface area contributed by atoms with Gasteiger partial charge in [0.25, 0.3) is 5.91 Å². The molecule has 2 atom stereocenters. The molecule has 0 spiro atoms. The Morgan fingerprint density at radius 2 is 2.17 bits per heavy atom. The molecule has 1 aromatic carbocycles. The van der Waals surface area contributed by atoms with E-state index < -0.39 is 23.3 Å². The summed E-state index contributed by atoms with van der Waals surface area (Å²) in [6.45, 7) is 0. The first-order valence-corrected chi connectivity index (χ1v) is 14.0. The summed E-state index contributed by atoms with van der Waals surface area (Å²) < 4.78 is 2.75. The number of aryl methyl sites for hydroxylation is 1. The average molecular weight is 592 g/mol. The highest BCUT2D eigenvalue weighted by Crippen LogP contribution is 2.45. The number of carbonyl (C=O) groups excluding carboxylic acids is 2. The smallest absolute Gasteiger partial charge is 0.353 e. The summed E-state index contributed by atoms with van der Waals surface area (Å²) in [4.78, 5) is 45.5. The van der Waals surface area contributed by atoms with E-state index in [2.05, 4.69) is 26.2 Å². The first-order chi connectivity index (χ1) is 16.8. The van der Waals surface area contributed by atoms with Gasteiger partial charge in [-0.3, -0.25) is 14.5 Å². The molecule has 1 fully saturated rings. The minimum Gasteiger partial charge on any atom is -0.477 e. The molecule has 3 aromatic rings. The molecule has 2 aliphatic rings. The Bertz CT molecular complexity index is 1350. The van der Waals surface area contributed by atoms with Crippen LogP contribution in [0.1, 0.15) is 4.88 Å². The van der Waals surface area contributed by atoms with Crippen molar-refractivity contribution in [2.45, 2.75) is 22.7 Å². The van der Waals surface area contributed by atoms with Crippen molar-refractivity contribution in [1.29, 1.82) is 0 Å². The van der Waals surface area contributed by atoms with E-state index in [4.69, 9.17) is 0 Å². The Morgan fingerprint density at radius 3 is 2.83 bits per heavy atom. The van der Waals surface area contributed by atoms with Crippen LogP contribution in [-0.2, 0) is 27.9 Å². The fraction of sp³-hybridized carbons (Fsp3) is 0.217. The van der Waals surface area contributed by atoms with E-state index in [0.29, 0.717) is 10.7 Å². The fourth-order valence-corrected chi connectivity index (χ4v) is 7.90. The van der Waals surface area contributed by atoms with Gasteiger partial charge in [0.05, 0.1) is 6.42 Å². The number of hydrogen-bond acceptors (Lipinski definition) is 7. The van der Waals surface area contributed by atoms with Gasteiger partial charge in [-0.2, -0.15) is 0 Å². The van der Waals surface area contributed by atoms with Gasteiger partial charge in [0, 0.05) is 49.9 Å². The largest absolute Gasteiger partial charge is 0.477 e. The van der Waals surface area contributed by atoms with Crippen molar-refractivity contribution in [2.75, 3.05) is 5.75 Å². The van der Waals surface area contributed by atoms with Crippen LogP contribution in [-0.4, -0.2) is 54.5 Å². The summed E-state index contributed by atoms with van der Waals surface area (Å²) in [5.41, 5.74) is 0.906. The first kappa shape index (κ1) is 24.2. The van der Waals surface area contributed by atoms with E-state index in [-0.39, 0.29) is 18.0 Å². The summed E-state index contributed by atoms with van der Waals surface area (Å²) in [5, 5.41) is 14.2. The molecule has 8 nitrogen and oxygen atoms in total. The molecule has 2 N–H and O–H groups in total. The highest BCUT2D eigenvalue weighted by molar-refractivity contribution is 9.10. The second-order valence-electron chi connectivity index (χ2n) is 7.89. The summed E-state index contributed by atoms with van der Waals surface area (Å²) in [6, 6.07) is 8.78. The minimum absolute atomic E-state index is 0.0168. The Balaban J connectivity index is 1.33. The van der Waals surface area contributed by atoms with Gasteiger partial charge in [-0.1, -0.05) is 17.8 Å². The number of rotatable bonds is 7. The molecule has 180 valence electrons. The number of carboxylic acids is 1. The van der Waals surface area contributed by atoms with Crippen LogP contribution in [0.5, 0.6) is 0 Å². The molecule has 0 radical (unpaired) electrons. The lowest BCUT2D eigenvalue weighted by atomic mass is 10.0. The zero-order chi connectivity index (χ0) is 24.7. The van der Waals surface area contributed by atoms with E-state index in [9.17, 15) is 19.5 Å². The topological polar surface area (TPSA) is 105 Å². The maximum atomic E-state index is 12.9. The lowest BCUT2D eigenvalue weighted by Gasteiger charge is -2.49. The second-order valence-corrected chi connectivity index (χ2v) is 12.1. The molecular weight excluding hydrogens is 572 g/mol. The number of aliphatic carboxylic acids is 1. The third-order valence-electron chi connectivity index (χ3n) is 5.61. The van der Waals surface area contributed by atoms with Crippen LogP contribution in [0.15, 0.2) is 68.1 Å². The van der Waals surface area contributed by atoms with E-state index in [1.165, 1.54) is 39.8 Å². The number of aromatic nitrogens is 2. The van der Waals surface area contributed by atoms with Gasteiger partial charge < -0.3 is 15.0 Å². The van der Waals surface area contributed by atoms with Gasteiger partial charge in [0.2, 0.25) is 5.91 Å². The van der Waals surface area contributed by atoms with E-state index >= 15 is 0 Å². The number of β-lactam (4-membered cyclic amide) rings is 1. The van der Waals surface area contributed by atoms with E-state index in [1.54, 1.807) is 6.20 Å². The fourth-order valence-electron chi connectivity index (χ4n) is 3.97. The number of amides is 2. The van der Waals surface area contributed by atoms with Gasteiger partial charge in [-0.05, 0) is 45.6 Å². The molecule has 2 aromatic heterocycles. The Morgan fingerprint density at radius 1 is 1.34 bits per heavy atom. The van der Waals surface area contributed by atoms with Crippen molar-refractivity contribution in [1.82, 2.24) is 19.8 Å². The lowest BCUT2D eigenvalue weighted by molar-refractivity contribution is -0.150. The SMILES string of the molecule is Cn1ccnc1-c1ccc(SC2=C(C(=O)O)N3C(=O)[C@@H](NC(=O)Cc4cccs4)[C@@H]3SC2)cc1Br. The molecule has 12 heteroatoms. The van der Waals surface area contributed by atoms with Gasteiger partial charge in [-0.15, -0.1) is 23.1 Å². The van der Waals surface area contributed by atoms with Crippen molar-refractivity contribution in [3.8, 4) is 11.4 Å². The quantitative estimate of drug-likeness (QED) is 0.401. The number of carbonyl (C=O) groups is 3. The third-order valence-corrected chi connectivity index (χ3v) is 9.68. The van der Waals surface area contributed by atoms with Crippen molar-refractivity contribution in [2.24, 2.45) is 7.05 Å². The van der Waals surface area contributed by atoms with Crippen molar-refractivity contribution >= 4 is 68.6 Å². The van der Waals surface area contributed by atoms with Gasteiger partial charge in [-0.25, -0.2) is 9.78 Å². The maximum Gasteiger partial charge on any atom is 0.353 e. The number of fused-ring (bicyclic) bond motifs is 1. The van der Waals surface area contributed by atoms with Crippen LogP contribution < -0.4 is 5.32 Å². The zero-order valence-electron chi connectivity index (χ0n) is 18.3. The van der Waals surface area contributed by atoms with Crippen LogP contribution in [0, 0.1) is 0 Å². The molecule has 2 aliphatic heterocycles. The molecule has 5 rings (SSSR count). The lowest BCUT2D eigenvalue weighted by Crippen LogP contribution is -2.70. The Hall–Kier alpha value is -2.54. The van der Waals surface area contributed by atoms with Crippen LogP contribution in [0.25, 0.3) is 11.4 Å². The standard InChI is InChI=1S/C23H19BrN4O4S3/c1-27-7-6-25-20(27)14-5-4-13(9-15(14)24)35-16-11-34-22-18(21(30)28(22)19(16)23(31)32)26-17(29)10-12-3-2-8-33-12/h2-9,18,22H,10-11H2,1H3,(H,26,29)(H,31,32)/t18-,22+/m1/s1. The number of imidazole rings is 1. The normalized spacial score (nSPS) is 19.4. The molecular formula is C23H19BrN4O4S3. The van der Waals surface area contributed by atoms with Crippen LogP contribution in [0.4, 0.5) is 0 Å². The Labute approximate surface area is 221 Å². The van der Waals surface area contributed by atoms with Gasteiger partial charge >= 0.3 is 5.97 Å². The molecule has 4 heterocycles. The molecule has 0 unspecified atom stereocenters. The van der Waals surface area contributed by atoms with Crippen molar-refractivity contribution < 1.29 is 19.5 Å². The number of nitrogens with zero attached hydrogens (tertiary/aromatic N) is 3. The first-order valence-electron chi connectivity index (χ1n) is 10.5. The minimum atomic E-state index is -1.15. The average Bonchev–Trinajstić information content (AvgIpc) is 3.49. The number of thiophene rings is 1. The monoisotopic (exact) mass is 590 g/mol. The third kappa shape index (κ3) is 4.67. The number of hydrogen-bond donors (Lipinski definition) is 2. The summed E-state index contributed by atoms with van der Waals surface area (Å²) in [5.74, 6) is -0.559. The summed E-state index contributed by atoms with van der Waals surface area (Å²) in [7, 11) is 1.92. The number of benzene rings is 1. The molecule has 0 bridgehead atoms. The maximum absolute atomic E-state index is 12.9. The van der Waals surface area contributed by atoms with E-state index in [0.717, 1.165) is 25.6 Å². The second kappa shape index (κ2) is 9.84. The Kier molecular flexibility index (Phi) is 6.80. The van der Waals surface area contributed by atoms with Gasteiger partial charge in [0.1, 0.15) is 22.9 Å². The van der Waals surface area contributed by atoms with Crippen molar-refractivity contribution in [3.05, 3.63) is 68.1 Å². The molecule has 0 aliphatic carbocycles. The summed E-state index contributed by atoms with van der Waals surface area (Å²) >= 11 is 7.86. The van der Waals surface area contributed by atoms with Crippen LogP contribution in [0.3, 0.4) is 0 Å². The number of halogens is 1. The highest BCUT2D eigenvalue weighted by atomic mass is 79.9. The van der Waals surface area contributed by atoms with E-state index in [1.807, 2.05) is 53.5 Å². The number of thioether (sulfide) groups is 2. The predicted octanol–water partition coefficient (Wildman–Crippen LogP) is 3.94. The molecule has 1 saturated heterocycles. The van der Waals surface area contributed by atoms with Crippen LogP contribution in [0.2, 0.25) is 0 Å². The number of carboxylic acid groups (broad SMARTS) is 1. The van der Waals surface area contributed by atoms with Gasteiger partial charge in [0.15, 0.2) is 0 Å². The summed E-state index contributed by atoms with van der Waals surface area (Å²) in [6.07, 6.45) is 3.79. The van der Waals surface area contributed by atoms with Crippen molar-refractivity contribution in [3.63, 3.8) is 0 Å². The van der Waals surface area contributed by atoms with Crippen LogP contribution >= 0.6 is 50.8 Å². The molecule has 2 amide bonds. The zero-order valence-corrected chi connectivity index (χ0v) is 22.3. The highest BCUT2D eigenvalue weighted by Gasteiger charge is 2.54. The molecule has 35 heavy (non-hydrogen) atoms.